The topological polar surface area (TPSA) is 18.5 Å². The number of benzene rings is 1. The maximum absolute atomic E-state index is 6.00. The molecule has 6 heteroatoms. The third kappa shape index (κ3) is 13.1. The van der Waals surface area contributed by atoms with E-state index >= 15 is 0 Å². The van der Waals surface area contributed by atoms with E-state index in [4.69, 9.17) is 9.42 Å². The van der Waals surface area contributed by atoms with Gasteiger partial charge in [-0.3, -0.25) is 0 Å². The minimum atomic E-state index is -2.70. The summed E-state index contributed by atoms with van der Waals surface area (Å²) in [6, 6.07) is 9.87. The average molecular weight is 558 g/mol. The zero-order valence-electron chi connectivity index (χ0n) is 9.66. The quantitative estimate of drug-likeness (QED) is 0.519. The summed E-state index contributed by atoms with van der Waals surface area (Å²) in [5.41, 5.74) is 1.05. The van der Waals surface area contributed by atoms with E-state index in [0.717, 1.165) is 5.56 Å². The van der Waals surface area contributed by atoms with E-state index in [1.165, 1.54) is 0 Å². The van der Waals surface area contributed by atoms with Crippen LogP contribution < -0.4 is 0 Å². The Hall–Kier alpha value is 0.858. The Labute approximate surface area is 122 Å². The number of ether oxygens (including phenoxy) is 2. The molecule has 0 saturated heterocycles. The molecular formula is C11H15Br2ClO2W. The summed E-state index contributed by atoms with van der Waals surface area (Å²) < 4.78 is 12.5. The van der Waals surface area contributed by atoms with Gasteiger partial charge >= 0.3 is 86.4 Å². The van der Waals surface area contributed by atoms with Crippen molar-refractivity contribution < 1.29 is 19.7 Å². The Kier molecular flexibility index (Phi) is 11.3. The zero-order chi connectivity index (χ0) is 13.1. The summed E-state index contributed by atoms with van der Waals surface area (Å²) in [5, 5.41) is 0. The van der Waals surface area contributed by atoms with Crippen molar-refractivity contribution in [3.05, 3.63) is 35.9 Å². The number of rotatable bonds is 3. The average Bonchev–Trinajstić information content (AvgIpc) is 2.26. The van der Waals surface area contributed by atoms with Gasteiger partial charge in [-0.1, -0.05) is 0 Å². The van der Waals surface area contributed by atoms with Crippen molar-refractivity contribution in [2.45, 2.75) is 0 Å². The molecule has 0 atom stereocenters. The Morgan fingerprint density at radius 1 is 1.12 bits per heavy atom. The molecule has 0 saturated carbocycles. The summed E-state index contributed by atoms with van der Waals surface area (Å²) >= 11 is 6.79. The molecule has 1 rings (SSSR count). The van der Waals surface area contributed by atoms with Crippen LogP contribution in [-0.2, 0) is 19.7 Å². The first-order valence-electron chi connectivity index (χ1n) is 4.72. The SMILES string of the molecule is COCCOC.[Cl][W]([Br])([Br])#[C]c1ccccc1. The number of hydrogen-bond donors (Lipinski definition) is 0. The molecule has 17 heavy (non-hydrogen) atoms. The Bertz CT molecular complexity index is 388. The molecule has 0 amide bonds. The van der Waals surface area contributed by atoms with E-state index in [-0.39, 0.29) is 0 Å². The number of hydrogen-bond acceptors (Lipinski definition) is 2. The van der Waals surface area contributed by atoms with Crippen LogP contribution in [0.25, 0.3) is 0 Å². The first kappa shape index (κ1) is 17.9. The molecule has 1 aromatic carbocycles. The summed E-state index contributed by atoms with van der Waals surface area (Å²) in [6.07, 6.45) is 0. The van der Waals surface area contributed by atoms with Gasteiger partial charge in [-0.15, -0.1) is 0 Å². The van der Waals surface area contributed by atoms with Gasteiger partial charge in [0.2, 0.25) is 0 Å². The van der Waals surface area contributed by atoms with Crippen molar-refractivity contribution in [2.75, 3.05) is 27.4 Å². The Morgan fingerprint density at radius 2 is 1.59 bits per heavy atom. The second-order valence-corrected chi connectivity index (χ2v) is 39.4. The van der Waals surface area contributed by atoms with Gasteiger partial charge in [0.25, 0.3) is 0 Å². The van der Waals surface area contributed by atoms with Gasteiger partial charge < -0.3 is 9.47 Å². The second-order valence-electron chi connectivity index (χ2n) is 2.86. The Morgan fingerprint density at radius 3 is 1.94 bits per heavy atom. The van der Waals surface area contributed by atoms with Crippen LogP contribution in [0.15, 0.2) is 30.3 Å². The van der Waals surface area contributed by atoms with Gasteiger partial charge in [0.05, 0.1) is 13.2 Å². The molecule has 0 N–H and O–H groups in total. The predicted octanol–water partition coefficient (Wildman–Crippen LogP) is 4.20. The van der Waals surface area contributed by atoms with Crippen LogP contribution in [0, 0.1) is 4.20 Å². The zero-order valence-corrected chi connectivity index (χ0v) is 16.5. The van der Waals surface area contributed by atoms with Crippen LogP contribution in [0.4, 0.5) is 0 Å². The van der Waals surface area contributed by atoms with Crippen molar-refractivity contribution >= 4 is 36.0 Å². The molecule has 0 fully saturated rings. The molecule has 0 bridgehead atoms. The molecule has 0 aliphatic heterocycles. The molecule has 1 aromatic rings. The van der Waals surface area contributed by atoms with Crippen LogP contribution in [0.2, 0.25) is 0 Å². The van der Waals surface area contributed by atoms with E-state index in [2.05, 4.69) is 40.3 Å². The van der Waals surface area contributed by atoms with E-state index in [9.17, 15) is 0 Å². The molecule has 0 spiro atoms. The monoisotopic (exact) mass is 556 g/mol. The van der Waals surface area contributed by atoms with Gasteiger partial charge in [-0.25, -0.2) is 0 Å². The van der Waals surface area contributed by atoms with Crippen LogP contribution >= 0.6 is 36.0 Å². The summed E-state index contributed by atoms with van der Waals surface area (Å²) in [7, 11) is 6.60. The fraction of sp³-hybridized carbons (Fsp3) is 0.364. The second kappa shape index (κ2) is 10.8. The van der Waals surface area contributed by atoms with Crippen molar-refractivity contribution in [3.63, 3.8) is 0 Å². The molecule has 0 aliphatic carbocycles. The van der Waals surface area contributed by atoms with Crippen molar-refractivity contribution in [2.24, 2.45) is 0 Å². The normalized spacial score (nSPS) is 10.2. The molecular weight excluding hydrogens is 543 g/mol. The van der Waals surface area contributed by atoms with Crippen LogP contribution in [0.3, 0.4) is 0 Å². The first-order chi connectivity index (χ1) is 7.99. The van der Waals surface area contributed by atoms with Crippen LogP contribution in [-0.4, -0.2) is 27.4 Å². The van der Waals surface area contributed by atoms with Crippen LogP contribution in [0.1, 0.15) is 5.56 Å². The van der Waals surface area contributed by atoms with Crippen molar-refractivity contribution in [1.82, 2.24) is 0 Å². The van der Waals surface area contributed by atoms with E-state index in [1.54, 1.807) is 14.2 Å². The number of halogens is 3. The fourth-order valence-corrected chi connectivity index (χ4v) is 6.04. The third-order valence-corrected chi connectivity index (χ3v) is 6.46. The van der Waals surface area contributed by atoms with Gasteiger partial charge in [-0.05, 0) is 0 Å². The van der Waals surface area contributed by atoms with E-state index < -0.39 is 10.2 Å². The first-order valence-corrected chi connectivity index (χ1v) is 22.6. The predicted molar refractivity (Wildman–Crippen MR) is 76.9 cm³/mol. The molecule has 0 aromatic heterocycles. The summed E-state index contributed by atoms with van der Waals surface area (Å²) in [5.74, 6) is 0. The minimum absolute atomic E-state index is 0.691. The molecule has 0 unspecified atom stereocenters. The maximum atomic E-state index is 6.00. The molecule has 0 aliphatic rings. The van der Waals surface area contributed by atoms with E-state index in [1.807, 2.05) is 30.3 Å². The summed E-state index contributed by atoms with van der Waals surface area (Å²) in [6.45, 7) is 1.38. The fourth-order valence-electron chi connectivity index (χ4n) is 0.806. The molecule has 2 nitrogen and oxygen atoms in total. The van der Waals surface area contributed by atoms with Gasteiger partial charge in [0, 0.05) is 14.2 Å². The molecule has 0 heterocycles. The molecule has 0 radical (unpaired) electrons. The summed E-state index contributed by atoms with van der Waals surface area (Å²) in [4.78, 5) is 0. The Balaban J connectivity index is 0.000000366. The van der Waals surface area contributed by atoms with Gasteiger partial charge in [0.1, 0.15) is 0 Å². The van der Waals surface area contributed by atoms with Crippen LogP contribution in [0.5, 0.6) is 0 Å². The van der Waals surface area contributed by atoms with Crippen molar-refractivity contribution in [1.29, 1.82) is 0 Å². The standard InChI is InChI=1S/C7H5.C4H10O2.2BrH.ClH.W/c1-7-5-3-2-4-6-7;1-5-3-4-6-2;;;;/h2-6H;3-4H2,1-2H3;3*1H;/q;;;;;+3/p-3. The van der Waals surface area contributed by atoms with E-state index in [0.29, 0.717) is 13.2 Å². The third-order valence-electron chi connectivity index (χ3n) is 1.50. The van der Waals surface area contributed by atoms with Crippen molar-refractivity contribution in [3.8, 4) is 4.20 Å². The van der Waals surface area contributed by atoms with Gasteiger partial charge in [0.15, 0.2) is 0 Å². The molecule has 98 valence electrons. The number of methoxy groups -OCH3 is 2. The van der Waals surface area contributed by atoms with Gasteiger partial charge in [-0.2, -0.15) is 0 Å².